The van der Waals surface area contributed by atoms with Crippen molar-refractivity contribution in [3.63, 3.8) is 0 Å². The number of carboxylic acids is 1. The predicted molar refractivity (Wildman–Crippen MR) is 88.7 cm³/mol. The lowest BCUT2D eigenvalue weighted by molar-refractivity contribution is -0.141. The molecule has 132 valence electrons. The van der Waals surface area contributed by atoms with Crippen molar-refractivity contribution in [2.45, 2.75) is 37.4 Å². The molecule has 24 heavy (non-hydrogen) atoms. The molecule has 1 aromatic rings. The number of aliphatic carboxylic acids is 1. The van der Waals surface area contributed by atoms with Crippen molar-refractivity contribution >= 4 is 30.4 Å². The number of amides is 2. The highest BCUT2D eigenvalue weighted by molar-refractivity contribution is 7.80. The predicted octanol–water partition coefficient (Wildman–Crippen LogP) is -1.31. The van der Waals surface area contributed by atoms with Gasteiger partial charge in [-0.05, 0) is 19.4 Å². The molecule has 0 saturated carbocycles. The molecule has 3 atom stereocenters. The third kappa shape index (κ3) is 4.96. The summed E-state index contributed by atoms with van der Waals surface area (Å²) in [4.78, 5) is 42.5. The van der Waals surface area contributed by atoms with Crippen molar-refractivity contribution in [1.82, 2.24) is 25.9 Å². The number of nitrogens with one attached hydrogen (secondary N) is 4. The number of hydrogen-bond acceptors (Lipinski definition) is 6. The normalized spacial score (nSPS) is 19.5. The third-order valence-electron chi connectivity index (χ3n) is 3.79. The number of aromatic nitrogens is 2. The van der Waals surface area contributed by atoms with Crippen molar-refractivity contribution < 1.29 is 19.5 Å². The summed E-state index contributed by atoms with van der Waals surface area (Å²) in [5, 5.41) is 17.2. The average Bonchev–Trinajstić information content (AvgIpc) is 3.24. The van der Waals surface area contributed by atoms with E-state index in [9.17, 15) is 14.4 Å². The zero-order valence-corrected chi connectivity index (χ0v) is 13.9. The standard InChI is InChI=1S/C14H21N5O4S/c20-12(9-2-1-3-16-9)18-10(4-8-5-15-7-17-8)13(21)19-11(6-24)14(22)23/h5,7,9-11,16,24H,1-4,6H2,(H,15,17)(H,18,20)(H,19,21)(H,22,23)/t9-,10-,11-/m0/s1. The van der Waals surface area contributed by atoms with Crippen LogP contribution >= 0.6 is 12.6 Å². The lowest BCUT2D eigenvalue weighted by Crippen LogP contribution is -2.55. The molecule has 10 heteroatoms. The van der Waals surface area contributed by atoms with Gasteiger partial charge in [0.25, 0.3) is 0 Å². The number of hydrogen-bond donors (Lipinski definition) is 6. The molecule has 5 N–H and O–H groups in total. The molecule has 0 aliphatic carbocycles. The number of carboxylic acid groups (broad SMARTS) is 1. The Hall–Kier alpha value is -2.07. The van der Waals surface area contributed by atoms with Gasteiger partial charge in [0.05, 0.1) is 12.4 Å². The quantitative estimate of drug-likeness (QED) is 0.320. The minimum Gasteiger partial charge on any atom is -0.480 e. The summed E-state index contributed by atoms with van der Waals surface area (Å²) < 4.78 is 0. The van der Waals surface area contributed by atoms with Crippen LogP contribution in [0, 0.1) is 0 Å². The third-order valence-corrected chi connectivity index (χ3v) is 4.15. The van der Waals surface area contributed by atoms with E-state index >= 15 is 0 Å². The fraction of sp³-hybridized carbons (Fsp3) is 0.571. The Morgan fingerprint density at radius 2 is 2.17 bits per heavy atom. The number of H-pyrrole nitrogens is 1. The Labute approximate surface area is 144 Å². The lowest BCUT2D eigenvalue weighted by atomic mass is 10.1. The van der Waals surface area contributed by atoms with Crippen LogP contribution in [0.4, 0.5) is 0 Å². The first-order chi connectivity index (χ1) is 11.5. The van der Waals surface area contributed by atoms with Gasteiger partial charge in [0.1, 0.15) is 12.1 Å². The van der Waals surface area contributed by atoms with E-state index < -0.39 is 24.0 Å². The van der Waals surface area contributed by atoms with Crippen molar-refractivity contribution in [3.8, 4) is 0 Å². The van der Waals surface area contributed by atoms with Gasteiger partial charge in [-0.3, -0.25) is 9.59 Å². The molecule has 0 aromatic carbocycles. The highest BCUT2D eigenvalue weighted by atomic mass is 32.1. The number of imidazole rings is 1. The number of carbonyl (C=O) groups is 3. The van der Waals surface area contributed by atoms with Gasteiger partial charge in [-0.2, -0.15) is 12.6 Å². The van der Waals surface area contributed by atoms with Gasteiger partial charge in [-0.25, -0.2) is 9.78 Å². The second-order valence-corrected chi connectivity index (χ2v) is 5.94. The molecule has 2 amide bonds. The molecule has 1 saturated heterocycles. The van der Waals surface area contributed by atoms with Crippen LogP contribution in [0.2, 0.25) is 0 Å². The van der Waals surface area contributed by atoms with Crippen LogP contribution in [-0.4, -0.2) is 63.3 Å². The van der Waals surface area contributed by atoms with Gasteiger partial charge in [-0.15, -0.1) is 0 Å². The molecule has 2 heterocycles. The van der Waals surface area contributed by atoms with Gasteiger partial charge >= 0.3 is 5.97 Å². The van der Waals surface area contributed by atoms with E-state index in [2.05, 4.69) is 38.5 Å². The maximum atomic E-state index is 12.4. The first-order valence-electron chi connectivity index (χ1n) is 7.66. The smallest absolute Gasteiger partial charge is 0.327 e. The Bertz CT molecular complexity index is 574. The molecule has 0 radical (unpaired) electrons. The Balaban J connectivity index is 2.04. The summed E-state index contributed by atoms with van der Waals surface area (Å²) in [6.45, 7) is 0.760. The van der Waals surface area contributed by atoms with Crippen molar-refractivity contribution in [2.75, 3.05) is 12.3 Å². The highest BCUT2D eigenvalue weighted by Gasteiger charge is 2.29. The fourth-order valence-electron chi connectivity index (χ4n) is 2.46. The molecule has 1 aromatic heterocycles. The second-order valence-electron chi connectivity index (χ2n) is 5.57. The fourth-order valence-corrected chi connectivity index (χ4v) is 2.71. The molecular formula is C14H21N5O4S. The van der Waals surface area contributed by atoms with E-state index in [1.54, 1.807) is 6.20 Å². The molecule has 2 rings (SSSR count). The molecule has 0 spiro atoms. The van der Waals surface area contributed by atoms with Crippen LogP contribution in [0.1, 0.15) is 18.5 Å². The minimum atomic E-state index is -1.18. The maximum Gasteiger partial charge on any atom is 0.327 e. The van der Waals surface area contributed by atoms with Crippen LogP contribution in [0.15, 0.2) is 12.5 Å². The molecular weight excluding hydrogens is 334 g/mol. The van der Waals surface area contributed by atoms with Crippen LogP contribution in [0.25, 0.3) is 0 Å². The molecule has 1 fully saturated rings. The monoisotopic (exact) mass is 355 g/mol. The van der Waals surface area contributed by atoms with Gasteiger partial charge < -0.3 is 26.0 Å². The molecule has 9 nitrogen and oxygen atoms in total. The van der Waals surface area contributed by atoms with E-state index in [0.717, 1.165) is 13.0 Å². The van der Waals surface area contributed by atoms with E-state index in [0.29, 0.717) is 12.1 Å². The van der Waals surface area contributed by atoms with Crippen LogP contribution in [-0.2, 0) is 20.8 Å². The van der Waals surface area contributed by atoms with E-state index in [-0.39, 0.29) is 24.1 Å². The number of nitrogens with zero attached hydrogens (tertiary/aromatic N) is 1. The molecule has 1 aliphatic heterocycles. The van der Waals surface area contributed by atoms with Crippen LogP contribution in [0.5, 0.6) is 0 Å². The molecule has 1 aliphatic rings. The number of thiol groups is 1. The van der Waals surface area contributed by atoms with Crippen molar-refractivity contribution in [1.29, 1.82) is 0 Å². The highest BCUT2D eigenvalue weighted by Crippen LogP contribution is 2.07. The SMILES string of the molecule is O=C(O)[C@H](CS)NC(=O)[C@H](Cc1cnc[nH]1)NC(=O)[C@@H]1CCCN1. The number of rotatable bonds is 8. The topological polar surface area (TPSA) is 136 Å². The van der Waals surface area contributed by atoms with E-state index in [1.807, 2.05) is 0 Å². The summed E-state index contributed by atoms with van der Waals surface area (Å²) in [7, 11) is 0. The maximum absolute atomic E-state index is 12.4. The summed E-state index contributed by atoms with van der Waals surface area (Å²) in [6.07, 6.45) is 4.81. The average molecular weight is 355 g/mol. The summed E-state index contributed by atoms with van der Waals surface area (Å²) in [5.74, 6) is -2.07. The van der Waals surface area contributed by atoms with Gasteiger partial charge in [-0.1, -0.05) is 0 Å². The van der Waals surface area contributed by atoms with Gasteiger partial charge in [0.15, 0.2) is 0 Å². The van der Waals surface area contributed by atoms with Crippen LogP contribution < -0.4 is 16.0 Å². The number of carbonyl (C=O) groups excluding carboxylic acids is 2. The zero-order chi connectivity index (χ0) is 17.5. The lowest BCUT2D eigenvalue weighted by Gasteiger charge is -2.22. The van der Waals surface area contributed by atoms with Crippen LogP contribution in [0.3, 0.4) is 0 Å². The molecule has 0 bridgehead atoms. The summed E-state index contributed by atoms with van der Waals surface area (Å²) in [6, 6.07) is -2.35. The van der Waals surface area contributed by atoms with E-state index in [1.165, 1.54) is 6.33 Å². The minimum absolute atomic E-state index is 0.0457. The first kappa shape index (κ1) is 18.3. The Morgan fingerprint density at radius 1 is 1.38 bits per heavy atom. The van der Waals surface area contributed by atoms with Gasteiger partial charge in [0.2, 0.25) is 11.8 Å². The first-order valence-corrected chi connectivity index (χ1v) is 8.29. The Morgan fingerprint density at radius 3 is 2.71 bits per heavy atom. The zero-order valence-electron chi connectivity index (χ0n) is 13.0. The van der Waals surface area contributed by atoms with Crippen molar-refractivity contribution in [2.24, 2.45) is 0 Å². The summed E-state index contributed by atoms with van der Waals surface area (Å²) in [5.41, 5.74) is 0.660. The summed E-state index contributed by atoms with van der Waals surface area (Å²) >= 11 is 3.92. The largest absolute Gasteiger partial charge is 0.480 e. The molecule has 0 unspecified atom stereocenters. The second kappa shape index (κ2) is 8.69. The Kier molecular flexibility index (Phi) is 6.62. The van der Waals surface area contributed by atoms with E-state index in [4.69, 9.17) is 5.11 Å². The van der Waals surface area contributed by atoms with Gasteiger partial charge in [0, 0.05) is 24.1 Å². The number of aromatic amines is 1. The van der Waals surface area contributed by atoms with Crippen molar-refractivity contribution in [3.05, 3.63) is 18.2 Å².